The molecule has 1 aromatic carbocycles. The van der Waals surface area contributed by atoms with E-state index in [1.165, 1.54) is 13.8 Å². The lowest BCUT2D eigenvalue weighted by molar-refractivity contribution is -0.117. The zero-order valence-electron chi connectivity index (χ0n) is 11.8. The van der Waals surface area contributed by atoms with Gasteiger partial charge >= 0.3 is 0 Å². The van der Waals surface area contributed by atoms with Gasteiger partial charge in [-0.05, 0) is 41.9 Å². The summed E-state index contributed by atoms with van der Waals surface area (Å²) in [5, 5.41) is 3.50. The van der Waals surface area contributed by atoms with Crippen LogP contribution in [0.3, 0.4) is 0 Å². The van der Waals surface area contributed by atoms with Gasteiger partial charge in [0.2, 0.25) is 5.91 Å². The number of benzene rings is 1. The van der Waals surface area contributed by atoms with Crippen molar-refractivity contribution in [3.63, 3.8) is 0 Å². The van der Waals surface area contributed by atoms with Crippen LogP contribution < -0.4 is 5.32 Å². The number of nitrogens with one attached hydrogen (secondary N) is 1. The number of hydrogen-bond acceptors (Lipinski definition) is 4. The van der Waals surface area contributed by atoms with Gasteiger partial charge in [0.15, 0.2) is 9.84 Å². The van der Waals surface area contributed by atoms with E-state index in [1.807, 2.05) is 12.1 Å². The smallest absolute Gasteiger partial charge is 0.245 e. The van der Waals surface area contributed by atoms with Gasteiger partial charge in [0.25, 0.3) is 0 Å². The third kappa shape index (κ3) is 3.08. The Hall–Kier alpha value is -1.47. The van der Waals surface area contributed by atoms with Crippen molar-refractivity contribution in [2.24, 2.45) is 0 Å². The number of pyridine rings is 1. The summed E-state index contributed by atoms with van der Waals surface area (Å²) in [5.41, 5.74) is 1.10. The number of hydrogen-bond donors (Lipinski definition) is 1. The van der Waals surface area contributed by atoms with Crippen molar-refractivity contribution in [2.75, 3.05) is 11.6 Å². The van der Waals surface area contributed by atoms with Crippen molar-refractivity contribution in [3.05, 3.63) is 34.9 Å². The molecule has 0 spiro atoms. The molecule has 0 atom stereocenters. The minimum Gasteiger partial charge on any atom is -0.323 e. The van der Waals surface area contributed by atoms with E-state index < -0.39 is 20.5 Å². The third-order valence-corrected chi connectivity index (χ3v) is 5.87. The molecule has 0 aliphatic carbocycles. The first-order valence-corrected chi connectivity index (χ1v) is 8.87. The van der Waals surface area contributed by atoms with Crippen LogP contribution in [0.25, 0.3) is 10.9 Å². The van der Waals surface area contributed by atoms with Gasteiger partial charge in [0.1, 0.15) is 4.75 Å². The summed E-state index contributed by atoms with van der Waals surface area (Å²) in [6.07, 6.45) is 2.67. The van der Waals surface area contributed by atoms with Gasteiger partial charge in [-0.1, -0.05) is 12.1 Å². The average molecular weight is 371 g/mol. The first kappa shape index (κ1) is 15.9. The Bertz CT molecular complexity index is 816. The molecule has 0 radical (unpaired) electrons. The number of rotatable bonds is 3. The highest BCUT2D eigenvalue weighted by Gasteiger charge is 2.38. The molecule has 0 saturated carbocycles. The van der Waals surface area contributed by atoms with E-state index >= 15 is 0 Å². The van der Waals surface area contributed by atoms with Gasteiger partial charge in [-0.3, -0.25) is 9.78 Å². The predicted molar refractivity (Wildman–Crippen MR) is 87.0 cm³/mol. The van der Waals surface area contributed by atoms with Gasteiger partial charge in [0.05, 0.1) is 11.2 Å². The van der Waals surface area contributed by atoms with E-state index in [9.17, 15) is 13.2 Å². The summed E-state index contributed by atoms with van der Waals surface area (Å²) in [7, 11) is -3.52. The fourth-order valence-electron chi connectivity index (χ4n) is 1.68. The number of fused-ring (bicyclic) bond motifs is 1. The molecule has 1 N–H and O–H groups in total. The van der Waals surface area contributed by atoms with Crippen molar-refractivity contribution in [1.29, 1.82) is 0 Å². The molecule has 1 heterocycles. The molecular formula is C14H15BrN2O3S. The molecule has 1 aromatic heterocycles. The number of anilines is 1. The molecule has 0 fully saturated rings. The van der Waals surface area contributed by atoms with Gasteiger partial charge in [-0.2, -0.15) is 0 Å². The van der Waals surface area contributed by atoms with Gasteiger partial charge in [-0.25, -0.2) is 8.42 Å². The number of amides is 1. The highest BCUT2D eigenvalue weighted by Crippen LogP contribution is 2.25. The number of carbonyl (C=O) groups is 1. The topological polar surface area (TPSA) is 76.1 Å². The molecule has 2 rings (SSSR count). The summed E-state index contributed by atoms with van der Waals surface area (Å²) in [5.74, 6) is -0.581. The summed E-state index contributed by atoms with van der Waals surface area (Å²) >= 11 is 3.34. The molecule has 0 unspecified atom stereocenters. The molecule has 0 aliphatic heterocycles. The van der Waals surface area contributed by atoms with Crippen LogP contribution in [0.5, 0.6) is 0 Å². The largest absolute Gasteiger partial charge is 0.323 e. The fraction of sp³-hybridized carbons (Fsp3) is 0.286. The SMILES string of the molecule is CC(C)(C(=O)Nc1cccc2cc(Br)cnc12)S(C)(=O)=O. The van der Waals surface area contributed by atoms with Crippen LogP contribution in [-0.4, -0.2) is 30.3 Å². The van der Waals surface area contributed by atoms with E-state index in [0.29, 0.717) is 11.2 Å². The highest BCUT2D eigenvalue weighted by molar-refractivity contribution is 9.10. The number of aromatic nitrogens is 1. The summed E-state index contributed by atoms with van der Waals surface area (Å²) in [6, 6.07) is 7.21. The summed E-state index contributed by atoms with van der Waals surface area (Å²) < 4.78 is 22.7. The normalized spacial score (nSPS) is 12.4. The molecule has 1 amide bonds. The number of sulfone groups is 1. The molecule has 7 heteroatoms. The Balaban J connectivity index is 2.43. The number of para-hydroxylation sites is 1. The maximum absolute atomic E-state index is 12.3. The Morgan fingerprint density at radius 1 is 1.33 bits per heavy atom. The second-order valence-corrected chi connectivity index (χ2v) is 8.75. The van der Waals surface area contributed by atoms with E-state index in [4.69, 9.17) is 0 Å². The Morgan fingerprint density at radius 3 is 2.62 bits per heavy atom. The van der Waals surface area contributed by atoms with Crippen molar-refractivity contribution in [1.82, 2.24) is 4.98 Å². The molecule has 0 aliphatic rings. The minimum atomic E-state index is -3.52. The maximum atomic E-state index is 12.3. The lowest BCUT2D eigenvalue weighted by Gasteiger charge is -2.21. The highest BCUT2D eigenvalue weighted by atomic mass is 79.9. The maximum Gasteiger partial charge on any atom is 0.245 e. The minimum absolute atomic E-state index is 0.488. The van der Waals surface area contributed by atoms with Crippen LogP contribution in [-0.2, 0) is 14.6 Å². The van der Waals surface area contributed by atoms with Crippen LogP contribution in [0.15, 0.2) is 34.9 Å². The van der Waals surface area contributed by atoms with Crippen LogP contribution in [0.1, 0.15) is 13.8 Å². The van der Waals surface area contributed by atoms with Gasteiger partial charge in [-0.15, -0.1) is 0 Å². The molecule has 112 valence electrons. The monoisotopic (exact) mass is 370 g/mol. The third-order valence-electron chi connectivity index (χ3n) is 3.40. The number of carbonyl (C=O) groups excluding carboxylic acids is 1. The van der Waals surface area contributed by atoms with Crippen molar-refractivity contribution < 1.29 is 13.2 Å². The molecular weight excluding hydrogens is 356 g/mol. The first-order chi connectivity index (χ1) is 9.63. The van der Waals surface area contributed by atoms with Gasteiger partial charge in [0, 0.05) is 22.3 Å². The van der Waals surface area contributed by atoms with Crippen LogP contribution in [0, 0.1) is 0 Å². The number of nitrogens with zero attached hydrogens (tertiary/aromatic N) is 1. The van der Waals surface area contributed by atoms with Crippen LogP contribution in [0.2, 0.25) is 0 Å². The zero-order chi connectivity index (χ0) is 15.8. The Morgan fingerprint density at radius 2 is 2.00 bits per heavy atom. The van der Waals surface area contributed by atoms with Crippen LogP contribution in [0.4, 0.5) is 5.69 Å². The molecule has 21 heavy (non-hydrogen) atoms. The molecule has 5 nitrogen and oxygen atoms in total. The average Bonchev–Trinajstić information content (AvgIpc) is 2.37. The van der Waals surface area contributed by atoms with Gasteiger partial charge < -0.3 is 5.32 Å². The quantitative estimate of drug-likeness (QED) is 0.900. The van der Waals surface area contributed by atoms with E-state index in [1.54, 1.807) is 18.3 Å². The Kier molecular flexibility index (Phi) is 4.08. The van der Waals surface area contributed by atoms with Crippen LogP contribution >= 0.6 is 15.9 Å². The molecule has 0 saturated heterocycles. The molecule has 2 aromatic rings. The Labute approximate surface area is 131 Å². The van der Waals surface area contributed by atoms with E-state index in [0.717, 1.165) is 16.1 Å². The predicted octanol–water partition coefficient (Wildman–Crippen LogP) is 2.76. The summed E-state index contributed by atoms with van der Waals surface area (Å²) in [4.78, 5) is 16.5. The second kappa shape index (κ2) is 5.38. The summed E-state index contributed by atoms with van der Waals surface area (Å²) in [6.45, 7) is 2.76. The number of halogens is 1. The fourth-order valence-corrected chi connectivity index (χ4v) is 2.41. The molecule has 0 bridgehead atoms. The second-order valence-electron chi connectivity index (χ2n) is 5.27. The lowest BCUT2D eigenvalue weighted by atomic mass is 10.1. The van der Waals surface area contributed by atoms with E-state index in [2.05, 4.69) is 26.2 Å². The lowest BCUT2D eigenvalue weighted by Crippen LogP contribution is -2.43. The first-order valence-electron chi connectivity index (χ1n) is 6.18. The van der Waals surface area contributed by atoms with Crippen molar-refractivity contribution in [3.8, 4) is 0 Å². The van der Waals surface area contributed by atoms with Crippen molar-refractivity contribution >= 4 is 48.3 Å². The zero-order valence-corrected chi connectivity index (χ0v) is 14.2. The van der Waals surface area contributed by atoms with Crippen molar-refractivity contribution in [2.45, 2.75) is 18.6 Å². The van der Waals surface area contributed by atoms with E-state index in [-0.39, 0.29) is 0 Å². The standard InChI is InChI=1S/C14H15BrN2O3S/c1-14(2,21(3,19)20)13(18)17-11-6-4-5-9-7-10(15)8-16-12(9)11/h4-8H,1-3H3,(H,17,18).